The van der Waals surface area contributed by atoms with E-state index in [0.717, 1.165) is 25.1 Å². The van der Waals surface area contributed by atoms with E-state index in [-0.39, 0.29) is 8.61 Å². The molecule has 0 aliphatic heterocycles. The molecule has 0 fully saturated rings. The van der Waals surface area contributed by atoms with E-state index >= 15 is 0 Å². The zero-order valence-corrected chi connectivity index (χ0v) is 11.9. The molecule has 0 amide bonds. The second-order valence-corrected chi connectivity index (χ2v) is 7.37. The van der Waals surface area contributed by atoms with Crippen LogP contribution in [-0.2, 0) is 31.4 Å². The molecule has 7 nitrogen and oxygen atoms in total. The Bertz CT molecular complexity index is 701. The van der Waals surface area contributed by atoms with Crippen LogP contribution >= 0.6 is 0 Å². The molecule has 0 saturated heterocycles. The minimum Gasteiger partial charge on any atom is -0.210 e. The van der Waals surface area contributed by atoms with E-state index in [4.69, 9.17) is 0 Å². The van der Waals surface area contributed by atoms with E-state index < -0.39 is 20.2 Å². The van der Waals surface area contributed by atoms with Gasteiger partial charge in [-0.3, -0.25) is 0 Å². The van der Waals surface area contributed by atoms with Gasteiger partial charge in [0.05, 0.1) is 4.90 Å². The summed E-state index contributed by atoms with van der Waals surface area (Å²) in [7, 11) is -8.05. The first-order valence-corrected chi connectivity index (χ1v) is 8.01. The summed E-state index contributed by atoms with van der Waals surface area (Å²) in [6.07, 6.45) is 1.54. The number of rotatable bonds is 5. The number of nitrogens with zero attached hydrogens (tertiary/aromatic N) is 2. The van der Waals surface area contributed by atoms with Crippen molar-refractivity contribution in [3.63, 3.8) is 0 Å². The van der Waals surface area contributed by atoms with E-state index in [2.05, 4.69) is 4.40 Å². The highest BCUT2D eigenvalue weighted by Gasteiger charge is 2.31. The number of benzene rings is 1. The Morgan fingerprint density at radius 1 is 1.16 bits per heavy atom. The van der Waals surface area contributed by atoms with Gasteiger partial charge >= 0.3 is 10.2 Å². The van der Waals surface area contributed by atoms with Gasteiger partial charge in [-0.05, 0) is 24.1 Å². The van der Waals surface area contributed by atoms with E-state index in [9.17, 15) is 21.6 Å². The third-order valence-electron chi connectivity index (χ3n) is 2.45. The van der Waals surface area contributed by atoms with Crippen molar-refractivity contribution in [2.45, 2.75) is 18.2 Å². The van der Waals surface area contributed by atoms with Gasteiger partial charge in [0.2, 0.25) is 0 Å². The Balaban J connectivity index is 3.27. The second kappa shape index (κ2) is 5.62. The molecule has 0 bridgehead atoms. The minimum atomic E-state index is -4.59. The molecule has 0 aliphatic rings. The van der Waals surface area contributed by atoms with Gasteiger partial charge in [0.15, 0.2) is 0 Å². The molecule has 1 rings (SSSR count). The molecule has 0 aliphatic carbocycles. The maximum atomic E-state index is 12.0. The Morgan fingerprint density at radius 3 is 2.11 bits per heavy atom. The lowest BCUT2D eigenvalue weighted by Crippen LogP contribution is -2.31. The van der Waals surface area contributed by atoms with Crippen LogP contribution in [0.5, 0.6) is 0 Å². The van der Waals surface area contributed by atoms with Crippen LogP contribution in [0.3, 0.4) is 0 Å². The molecular formula is C10H12N2O5S2. The van der Waals surface area contributed by atoms with Crippen molar-refractivity contribution in [3.8, 4) is 0 Å². The predicted molar refractivity (Wildman–Crippen MR) is 67.8 cm³/mol. The average molecular weight is 304 g/mol. The smallest absolute Gasteiger partial charge is 0.210 e. The number of carbonyl (C=O) groups excluding carboxylic acids is 1. The lowest BCUT2D eigenvalue weighted by Gasteiger charge is -2.13. The number of sulfonamides is 1. The first kappa shape index (κ1) is 15.5. The molecule has 0 unspecified atom stereocenters. The van der Waals surface area contributed by atoms with Crippen LogP contribution < -0.4 is 0 Å². The molecule has 0 spiro atoms. The normalized spacial score (nSPS) is 12.2. The highest BCUT2D eigenvalue weighted by molar-refractivity contribution is 8.03. The predicted octanol–water partition coefficient (Wildman–Crippen LogP) is 0.450. The highest BCUT2D eigenvalue weighted by Crippen LogP contribution is 2.18. The number of aryl methyl sites for hydroxylation is 1. The zero-order chi connectivity index (χ0) is 14.7. The van der Waals surface area contributed by atoms with E-state index in [1.165, 1.54) is 12.1 Å². The summed E-state index contributed by atoms with van der Waals surface area (Å²) in [6, 6.07) is 5.75. The molecule has 0 heterocycles. The summed E-state index contributed by atoms with van der Waals surface area (Å²) in [5, 5.41) is 0. The second-order valence-electron chi connectivity index (χ2n) is 3.54. The molecule has 1 aromatic carbocycles. The van der Waals surface area contributed by atoms with Crippen molar-refractivity contribution in [1.82, 2.24) is 3.71 Å². The molecule has 19 heavy (non-hydrogen) atoms. The van der Waals surface area contributed by atoms with Gasteiger partial charge in [-0.2, -0.15) is 8.42 Å². The molecule has 0 aromatic heterocycles. The fourth-order valence-corrected chi connectivity index (χ4v) is 3.61. The summed E-state index contributed by atoms with van der Waals surface area (Å²) >= 11 is 0. The van der Waals surface area contributed by atoms with Crippen LogP contribution in [-0.4, -0.2) is 33.7 Å². The highest BCUT2D eigenvalue weighted by atomic mass is 32.3. The van der Waals surface area contributed by atoms with Crippen molar-refractivity contribution in [2.24, 2.45) is 4.40 Å². The maximum absolute atomic E-state index is 12.0. The zero-order valence-electron chi connectivity index (χ0n) is 10.3. The van der Waals surface area contributed by atoms with Crippen molar-refractivity contribution < 1.29 is 21.6 Å². The van der Waals surface area contributed by atoms with Gasteiger partial charge < -0.3 is 0 Å². The number of hydrogen-bond donors (Lipinski definition) is 0. The monoisotopic (exact) mass is 304 g/mol. The molecule has 0 saturated carbocycles. The molecule has 104 valence electrons. The maximum Gasteiger partial charge on any atom is 0.345 e. The van der Waals surface area contributed by atoms with Crippen LogP contribution in [0.4, 0.5) is 0 Å². The lowest BCUT2D eigenvalue weighted by atomic mass is 10.2. The van der Waals surface area contributed by atoms with Gasteiger partial charge in [0.25, 0.3) is 16.1 Å². The summed E-state index contributed by atoms with van der Waals surface area (Å²) in [4.78, 5) is 9.78. The van der Waals surface area contributed by atoms with Crippen molar-refractivity contribution in [3.05, 3.63) is 29.8 Å². The summed E-state index contributed by atoms with van der Waals surface area (Å²) < 4.78 is 49.3. The van der Waals surface area contributed by atoms with Crippen molar-refractivity contribution in [2.75, 3.05) is 7.05 Å². The lowest BCUT2D eigenvalue weighted by molar-refractivity contribution is 0.525. The number of isocyanates is 1. The first-order valence-electron chi connectivity index (χ1n) is 5.18. The Labute approximate surface area is 111 Å². The average Bonchev–Trinajstić information content (AvgIpc) is 2.37. The van der Waals surface area contributed by atoms with Gasteiger partial charge in [-0.1, -0.05) is 27.2 Å². The number of hydrogen-bond acceptors (Lipinski definition) is 5. The fourth-order valence-electron chi connectivity index (χ4n) is 1.27. The van der Waals surface area contributed by atoms with E-state index in [1.54, 1.807) is 12.1 Å². The van der Waals surface area contributed by atoms with Gasteiger partial charge in [-0.25, -0.2) is 13.2 Å². The van der Waals surface area contributed by atoms with Gasteiger partial charge in [0, 0.05) is 7.05 Å². The molecular weight excluding hydrogens is 292 g/mol. The van der Waals surface area contributed by atoms with Crippen LogP contribution in [0.15, 0.2) is 33.6 Å². The molecule has 9 heteroatoms. The minimum absolute atomic E-state index is 0.0336. The van der Waals surface area contributed by atoms with Gasteiger partial charge in [0.1, 0.15) is 0 Å². The summed E-state index contributed by atoms with van der Waals surface area (Å²) in [5.74, 6) is 0. The molecule has 1 aromatic rings. The Morgan fingerprint density at radius 2 is 1.68 bits per heavy atom. The fraction of sp³-hybridized carbons (Fsp3) is 0.300. The molecule has 0 radical (unpaired) electrons. The van der Waals surface area contributed by atoms with E-state index in [1.807, 2.05) is 6.92 Å². The third-order valence-corrected chi connectivity index (χ3v) is 6.10. The Kier molecular flexibility index (Phi) is 4.59. The van der Waals surface area contributed by atoms with Gasteiger partial charge in [-0.15, -0.1) is 0 Å². The standard InChI is InChI=1S/C10H12N2O5S2/c1-3-9-4-6-10(7-5-9)18(14,15)12(2)19(16,17)11-8-13/h4-7H,3H2,1-2H3. The first-order chi connectivity index (χ1) is 8.75. The van der Waals surface area contributed by atoms with Crippen LogP contribution in [0.2, 0.25) is 0 Å². The van der Waals surface area contributed by atoms with Crippen LogP contribution in [0.25, 0.3) is 0 Å². The third kappa shape index (κ3) is 3.27. The van der Waals surface area contributed by atoms with Crippen LogP contribution in [0.1, 0.15) is 12.5 Å². The van der Waals surface area contributed by atoms with E-state index in [0.29, 0.717) is 0 Å². The van der Waals surface area contributed by atoms with Crippen molar-refractivity contribution in [1.29, 1.82) is 0 Å². The Hall–Kier alpha value is -1.54. The SMILES string of the molecule is CCc1ccc(S(=O)(=O)N(C)S(=O)(=O)N=C=O)cc1. The summed E-state index contributed by atoms with van der Waals surface area (Å²) in [5.41, 5.74) is 0.912. The van der Waals surface area contributed by atoms with Crippen molar-refractivity contribution >= 4 is 26.3 Å². The summed E-state index contributed by atoms with van der Waals surface area (Å²) in [6.45, 7) is 1.90. The largest absolute Gasteiger partial charge is 0.345 e. The molecule has 0 N–H and O–H groups in total. The molecule has 0 atom stereocenters. The topological polar surface area (TPSA) is 101 Å². The van der Waals surface area contributed by atoms with Crippen LogP contribution in [0, 0.1) is 0 Å². The quantitative estimate of drug-likeness (QED) is 0.580.